The molecule has 7 nitrogen and oxygen atoms in total. The summed E-state index contributed by atoms with van der Waals surface area (Å²) in [6.07, 6.45) is 0. The number of hydrogen-bond donors (Lipinski definition) is 1. The lowest BCUT2D eigenvalue weighted by Crippen LogP contribution is -2.44. The lowest BCUT2D eigenvalue weighted by Gasteiger charge is -2.39. The summed E-state index contributed by atoms with van der Waals surface area (Å²) >= 11 is 1.31. The molecule has 2 heterocycles. The summed E-state index contributed by atoms with van der Waals surface area (Å²) in [6, 6.07) is 14.2. The number of amides is 2. The third-order valence-corrected chi connectivity index (χ3v) is 5.83. The van der Waals surface area contributed by atoms with Crippen LogP contribution in [0.4, 0.5) is 5.13 Å². The minimum Gasteiger partial charge on any atom is -0.497 e. The summed E-state index contributed by atoms with van der Waals surface area (Å²) in [6.45, 7) is 1.83. The van der Waals surface area contributed by atoms with Crippen LogP contribution in [0.1, 0.15) is 38.5 Å². The Bertz CT molecular complexity index is 1060. The maximum atomic E-state index is 13.4. The summed E-state index contributed by atoms with van der Waals surface area (Å²) in [5.74, 6) is -0.221. The first-order chi connectivity index (χ1) is 14.0. The Balaban J connectivity index is 1.79. The molecule has 4 rings (SSSR count). The number of nitrogens with zero attached hydrogens (tertiary/aromatic N) is 3. The average Bonchev–Trinajstić information content (AvgIpc) is 3.15. The van der Waals surface area contributed by atoms with Gasteiger partial charge in [-0.1, -0.05) is 41.7 Å². The van der Waals surface area contributed by atoms with Crippen molar-refractivity contribution >= 4 is 28.3 Å². The van der Waals surface area contributed by atoms with E-state index in [1.54, 1.807) is 31.2 Å². The Hall–Kier alpha value is -3.26. The fraction of sp³-hybridized carbons (Fsp3) is 0.238. The van der Waals surface area contributed by atoms with E-state index in [0.717, 1.165) is 10.6 Å². The zero-order valence-corrected chi connectivity index (χ0v) is 17.1. The molecule has 0 saturated carbocycles. The van der Waals surface area contributed by atoms with Gasteiger partial charge in [0.2, 0.25) is 11.0 Å². The molecule has 3 aromatic rings. The molecular weight excluding hydrogens is 388 g/mol. The minimum absolute atomic E-state index is 0.114. The van der Waals surface area contributed by atoms with Crippen molar-refractivity contribution in [3.63, 3.8) is 0 Å². The minimum atomic E-state index is -0.591. The molecular formula is C21H20N4O3S. The molecule has 0 aliphatic carbocycles. The van der Waals surface area contributed by atoms with Gasteiger partial charge in [-0.05, 0) is 36.2 Å². The first kappa shape index (κ1) is 19.1. The highest BCUT2D eigenvalue weighted by molar-refractivity contribution is 7.15. The molecule has 0 bridgehead atoms. The number of aryl methyl sites for hydroxylation is 1. The number of benzene rings is 2. The fourth-order valence-corrected chi connectivity index (χ4v) is 4.30. The van der Waals surface area contributed by atoms with Crippen LogP contribution in [0.15, 0.2) is 48.5 Å². The van der Waals surface area contributed by atoms with Crippen molar-refractivity contribution < 1.29 is 14.3 Å². The van der Waals surface area contributed by atoms with Crippen molar-refractivity contribution in [1.82, 2.24) is 15.1 Å². The maximum Gasteiger partial charge on any atom is 0.254 e. The second kappa shape index (κ2) is 7.63. The fourth-order valence-electron chi connectivity index (χ4n) is 3.70. The van der Waals surface area contributed by atoms with E-state index in [-0.39, 0.29) is 11.8 Å². The molecule has 29 heavy (non-hydrogen) atoms. The standard InChI is InChI=1S/C21H20N4O3S/c1-12-23-24-21(29-12)22-19(26)17-15-6-4-5-7-16(15)20(27)25(2)18(17)13-8-10-14(28-3)11-9-13/h4-11,17-18H,1-3H3,(H,22,24,26)/t17-,18+/m1/s1. The van der Waals surface area contributed by atoms with E-state index in [9.17, 15) is 9.59 Å². The van der Waals surface area contributed by atoms with Gasteiger partial charge >= 0.3 is 0 Å². The molecule has 1 N–H and O–H groups in total. The highest BCUT2D eigenvalue weighted by Gasteiger charge is 2.42. The summed E-state index contributed by atoms with van der Waals surface area (Å²) in [5, 5.41) is 12.0. The van der Waals surface area contributed by atoms with Crippen molar-refractivity contribution in [2.24, 2.45) is 0 Å². The van der Waals surface area contributed by atoms with Gasteiger partial charge in [-0.2, -0.15) is 0 Å². The van der Waals surface area contributed by atoms with Crippen LogP contribution in [0.2, 0.25) is 0 Å². The van der Waals surface area contributed by atoms with Gasteiger partial charge in [-0.25, -0.2) is 0 Å². The van der Waals surface area contributed by atoms with E-state index < -0.39 is 12.0 Å². The van der Waals surface area contributed by atoms with Crippen LogP contribution in [-0.4, -0.2) is 41.1 Å². The van der Waals surface area contributed by atoms with Gasteiger partial charge < -0.3 is 9.64 Å². The second-order valence-electron chi connectivity index (χ2n) is 6.81. The molecule has 0 saturated heterocycles. The maximum absolute atomic E-state index is 13.4. The quantitative estimate of drug-likeness (QED) is 0.715. The number of methoxy groups -OCH3 is 1. The van der Waals surface area contributed by atoms with Crippen LogP contribution < -0.4 is 10.1 Å². The first-order valence-corrected chi connectivity index (χ1v) is 9.92. The van der Waals surface area contributed by atoms with E-state index in [1.807, 2.05) is 43.3 Å². The van der Waals surface area contributed by atoms with Crippen molar-refractivity contribution in [3.05, 3.63) is 70.2 Å². The number of ether oxygens (including phenoxy) is 1. The molecule has 0 radical (unpaired) electrons. The Morgan fingerprint density at radius 1 is 1.14 bits per heavy atom. The Morgan fingerprint density at radius 3 is 2.52 bits per heavy atom. The normalized spacial score (nSPS) is 18.3. The van der Waals surface area contributed by atoms with Gasteiger partial charge in [0.05, 0.1) is 19.1 Å². The third kappa shape index (κ3) is 3.47. The zero-order valence-electron chi connectivity index (χ0n) is 16.2. The topological polar surface area (TPSA) is 84.4 Å². The molecule has 2 aromatic carbocycles. The van der Waals surface area contributed by atoms with Gasteiger partial charge in [-0.3, -0.25) is 14.9 Å². The monoisotopic (exact) mass is 408 g/mol. The van der Waals surface area contributed by atoms with Gasteiger partial charge in [-0.15, -0.1) is 10.2 Å². The van der Waals surface area contributed by atoms with Gasteiger partial charge in [0.1, 0.15) is 10.8 Å². The summed E-state index contributed by atoms with van der Waals surface area (Å²) in [5.41, 5.74) is 2.09. The van der Waals surface area contributed by atoms with E-state index >= 15 is 0 Å². The summed E-state index contributed by atoms with van der Waals surface area (Å²) in [4.78, 5) is 28.0. The molecule has 2 amide bonds. The predicted octanol–water partition coefficient (Wildman–Crippen LogP) is 3.40. The first-order valence-electron chi connectivity index (χ1n) is 9.10. The molecule has 148 valence electrons. The number of nitrogens with one attached hydrogen (secondary N) is 1. The highest BCUT2D eigenvalue weighted by Crippen LogP contribution is 2.42. The highest BCUT2D eigenvalue weighted by atomic mass is 32.1. The molecule has 8 heteroatoms. The average molecular weight is 408 g/mol. The van der Waals surface area contributed by atoms with Crippen molar-refractivity contribution in [3.8, 4) is 5.75 Å². The lowest BCUT2D eigenvalue weighted by atomic mass is 9.79. The third-order valence-electron chi connectivity index (χ3n) is 5.08. The van der Waals surface area contributed by atoms with E-state index in [2.05, 4.69) is 15.5 Å². The van der Waals surface area contributed by atoms with Gasteiger partial charge in [0.15, 0.2) is 0 Å². The van der Waals surface area contributed by atoms with Crippen LogP contribution in [0.5, 0.6) is 5.75 Å². The van der Waals surface area contributed by atoms with Crippen LogP contribution >= 0.6 is 11.3 Å². The molecule has 0 fully saturated rings. The van der Waals surface area contributed by atoms with Crippen LogP contribution in [0.3, 0.4) is 0 Å². The van der Waals surface area contributed by atoms with Crippen molar-refractivity contribution in [2.75, 3.05) is 19.5 Å². The molecule has 2 atom stereocenters. The van der Waals surface area contributed by atoms with E-state index in [1.165, 1.54) is 11.3 Å². The van der Waals surface area contributed by atoms with Crippen LogP contribution in [0, 0.1) is 6.92 Å². The number of rotatable bonds is 4. The molecule has 0 spiro atoms. The number of fused-ring (bicyclic) bond motifs is 1. The molecule has 1 aromatic heterocycles. The van der Waals surface area contributed by atoms with Gasteiger partial charge in [0.25, 0.3) is 5.91 Å². The van der Waals surface area contributed by atoms with E-state index in [0.29, 0.717) is 22.0 Å². The summed E-state index contributed by atoms with van der Waals surface area (Å²) in [7, 11) is 3.32. The summed E-state index contributed by atoms with van der Waals surface area (Å²) < 4.78 is 5.24. The number of aromatic nitrogens is 2. The molecule has 0 unspecified atom stereocenters. The Morgan fingerprint density at radius 2 is 1.86 bits per heavy atom. The van der Waals surface area contributed by atoms with E-state index in [4.69, 9.17) is 4.74 Å². The smallest absolute Gasteiger partial charge is 0.254 e. The van der Waals surface area contributed by atoms with Crippen LogP contribution in [-0.2, 0) is 4.79 Å². The second-order valence-corrected chi connectivity index (χ2v) is 8.00. The number of likely N-dealkylation sites (N-methyl/N-ethyl adjacent to an activating group) is 1. The van der Waals surface area contributed by atoms with Gasteiger partial charge in [0, 0.05) is 12.6 Å². The van der Waals surface area contributed by atoms with Crippen LogP contribution in [0.25, 0.3) is 0 Å². The van der Waals surface area contributed by atoms with Crippen molar-refractivity contribution in [2.45, 2.75) is 18.9 Å². The predicted molar refractivity (Wildman–Crippen MR) is 110 cm³/mol. The molecule has 1 aliphatic rings. The Kier molecular flexibility index (Phi) is 5.02. The largest absolute Gasteiger partial charge is 0.497 e. The SMILES string of the molecule is COc1ccc([C@H]2[C@H](C(=O)Nc3nnc(C)s3)c3ccccc3C(=O)N2C)cc1. The number of carbonyl (C=O) groups excluding carboxylic acids is 2. The zero-order chi connectivity index (χ0) is 20.5. The molecule has 1 aliphatic heterocycles. The number of anilines is 1. The number of hydrogen-bond acceptors (Lipinski definition) is 6. The van der Waals surface area contributed by atoms with Crippen molar-refractivity contribution in [1.29, 1.82) is 0 Å². The lowest BCUT2D eigenvalue weighted by molar-refractivity contribution is -0.119. The Labute approximate surface area is 172 Å². The number of carbonyl (C=O) groups is 2.